The third-order valence-electron chi connectivity index (χ3n) is 6.92. The first-order valence-corrected chi connectivity index (χ1v) is 11.9. The summed E-state index contributed by atoms with van der Waals surface area (Å²) in [5, 5.41) is 0. The van der Waals surface area contributed by atoms with Crippen LogP contribution in [0.25, 0.3) is 0 Å². The first kappa shape index (κ1) is 21.5. The third-order valence-corrected chi connectivity index (χ3v) is 6.92. The van der Waals surface area contributed by atoms with E-state index in [0.717, 1.165) is 55.3 Å². The van der Waals surface area contributed by atoms with E-state index in [0.29, 0.717) is 12.3 Å². The van der Waals surface area contributed by atoms with Gasteiger partial charge in [0.15, 0.2) is 0 Å². The van der Waals surface area contributed by atoms with E-state index in [9.17, 15) is 4.79 Å². The molecule has 168 valence electrons. The molecule has 2 aromatic carbocycles. The van der Waals surface area contributed by atoms with Crippen molar-refractivity contribution in [1.29, 1.82) is 0 Å². The molecule has 5 nitrogen and oxygen atoms in total. The van der Waals surface area contributed by atoms with Crippen LogP contribution in [-0.4, -0.2) is 34.6 Å². The number of nitrogens with zero attached hydrogens (tertiary/aromatic N) is 4. The number of fused-ring (bicyclic) bond motifs is 1. The highest BCUT2D eigenvalue weighted by atomic mass is 16.1. The van der Waals surface area contributed by atoms with Gasteiger partial charge >= 0.3 is 0 Å². The Morgan fingerprint density at radius 2 is 1.73 bits per heavy atom. The topological polar surface area (TPSA) is 58.5 Å². The highest BCUT2D eigenvalue weighted by Gasteiger charge is 2.23. The van der Waals surface area contributed by atoms with Gasteiger partial charge in [0.2, 0.25) is 5.95 Å². The highest BCUT2D eigenvalue weighted by molar-refractivity contribution is 6.06. The molecule has 3 aromatic rings. The maximum atomic E-state index is 11.4. The van der Waals surface area contributed by atoms with Gasteiger partial charge in [0.05, 0.1) is 11.4 Å². The molecule has 1 aromatic heterocycles. The summed E-state index contributed by atoms with van der Waals surface area (Å²) in [6.45, 7) is 5.70. The SMILES string of the molecule is CC(=O)C[C@@H](C)c1ccc(C2CCN(c3ncc(C4=Nc5ccccc5C4)cn3)CC2)cc1. The molecule has 0 aliphatic carbocycles. The van der Waals surface area contributed by atoms with Crippen molar-refractivity contribution in [3.8, 4) is 0 Å². The smallest absolute Gasteiger partial charge is 0.225 e. The van der Waals surface area contributed by atoms with Crippen LogP contribution in [0.4, 0.5) is 11.6 Å². The van der Waals surface area contributed by atoms with Crippen LogP contribution < -0.4 is 4.90 Å². The number of hydrogen-bond acceptors (Lipinski definition) is 5. The Balaban J connectivity index is 1.18. The first-order chi connectivity index (χ1) is 16.1. The first-order valence-electron chi connectivity index (χ1n) is 11.9. The summed E-state index contributed by atoms with van der Waals surface area (Å²) in [5.41, 5.74) is 7.00. The van der Waals surface area contributed by atoms with Gasteiger partial charge in [-0.1, -0.05) is 49.4 Å². The largest absolute Gasteiger partial charge is 0.341 e. The fraction of sp³-hybridized carbons (Fsp3) is 0.357. The average molecular weight is 439 g/mol. The lowest BCUT2D eigenvalue weighted by Crippen LogP contribution is -2.34. The lowest BCUT2D eigenvalue weighted by atomic mass is 9.87. The van der Waals surface area contributed by atoms with E-state index in [-0.39, 0.29) is 11.7 Å². The number of rotatable bonds is 6. The molecular formula is C28H30N4O. The van der Waals surface area contributed by atoms with Gasteiger partial charge in [-0.2, -0.15) is 0 Å². The number of aromatic nitrogens is 2. The Kier molecular flexibility index (Phi) is 6.03. The summed E-state index contributed by atoms with van der Waals surface area (Å²) < 4.78 is 0. The van der Waals surface area contributed by atoms with E-state index in [1.165, 1.54) is 16.7 Å². The second-order valence-corrected chi connectivity index (χ2v) is 9.37. The minimum absolute atomic E-state index is 0.246. The quantitative estimate of drug-likeness (QED) is 0.501. The number of carbonyl (C=O) groups excluding carboxylic acids is 1. The van der Waals surface area contributed by atoms with Crippen molar-refractivity contribution in [2.45, 2.75) is 51.4 Å². The molecule has 1 fully saturated rings. The van der Waals surface area contributed by atoms with Crippen LogP contribution in [0.1, 0.15) is 67.2 Å². The van der Waals surface area contributed by atoms with E-state index in [1.54, 1.807) is 6.92 Å². The van der Waals surface area contributed by atoms with Crippen molar-refractivity contribution in [2.24, 2.45) is 4.99 Å². The number of anilines is 1. The third kappa shape index (κ3) is 4.72. The molecule has 0 saturated carbocycles. The molecule has 5 heteroatoms. The molecule has 0 N–H and O–H groups in total. The van der Waals surface area contributed by atoms with Crippen LogP contribution in [0.15, 0.2) is 65.9 Å². The number of para-hydroxylation sites is 1. The van der Waals surface area contributed by atoms with Crippen LogP contribution in [0.2, 0.25) is 0 Å². The second kappa shape index (κ2) is 9.26. The Hall–Kier alpha value is -3.34. The minimum Gasteiger partial charge on any atom is -0.341 e. The van der Waals surface area contributed by atoms with Crippen molar-refractivity contribution in [2.75, 3.05) is 18.0 Å². The molecular weight excluding hydrogens is 408 g/mol. The van der Waals surface area contributed by atoms with Gasteiger partial charge in [0.1, 0.15) is 5.78 Å². The molecule has 2 aliphatic rings. The predicted molar refractivity (Wildman–Crippen MR) is 133 cm³/mol. The summed E-state index contributed by atoms with van der Waals surface area (Å²) in [4.78, 5) is 27.8. The van der Waals surface area contributed by atoms with Crippen molar-refractivity contribution in [1.82, 2.24) is 9.97 Å². The zero-order chi connectivity index (χ0) is 22.8. The lowest BCUT2D eigenvalue weighted by molar-refractivity contribution is -0.117. The maximum Gasteiger partial charge on any atom is 0.225 e. The molecule has 1 atom stereocenters. The van der Waals surface area contributed by atoms with Crippen LogP contribution in [0, 0.1) is 0 Å². The van der Waals surface area contributed by atoms with E-state index >= 15 is 0 Å². The van der Waals surface area contributed by atoms with Crippen LogP contribution in [-0.2, 0) is 11.2 Å². The molecule has 3 heterocycles. The molecule has 0 unspecified atom stereocenters. The molecule has 2 aliphatic heterocycles. The number of aliphatic imine (C=N–C) groups is 1. The number of Topliss-reactive ketones (excluding diaryl/α,β-unsaturated/α-hetero) is 1. The molecule has 0 spiro atoms. The number of ketones is 1. The normalized spacial score (nSPS) is 16.9. The molecule has 5 rings (SSSR count). The van der Waals surface area contributed by atoms with Crippen LogP contribution in [0.5, 0.6) is 0 Å². The monoisotopic (exact) mass is 438 g/mol. The predicted octanol–water partition coefficient (Wildman–Crippen LogP) is 5.62. The van der Waals surface area contributed by atoms with Crippen molar-refractivity contribution in [3.63, 3.8) is 0 Å². The summed E-state index contributed by atoms with van der Waals surface area (Å²) in [7, 11) is 0. The van der Waals surface area contributed by atoms with Gasteiger partial charge in [-0.25, -0.2) is 9.97 Å². The Bertz CT molecular complexity index is 1160. The molecule has 0 amide bonds. The Morgan fingerprint density at radius 3 is 2.39 bits per heavy atom. The van der Waals surface area contributed by atoms with Crippen LogP contribution >= 0.6 is 0 Å². The van der Waals surface area contributed by atoms with Gasteiger partial charge in [0, 0.05) is 43.9 Å². The number of carbonyl (C=O) groups is 1. The second-order valence-electron chi connectivity index (χ2n) is 9.37. The number of benzene rings is 2. The van der Waals surface area contributed by atoms with Crippen molar-refractivity contribution >= 4 is 23.1 Å². The maximum absolute atomic E-state index is 11.4. The zero-order valence-corrected chi connectivity index (χ0v) is 19.4. The number of hydrogen-bond donors (Lipinski definition) is 0. The summed E-state index contributed by atoms with van der Waals surface area (Å²) in [6.07, 6.45) is 7.47. The Morgan fingerprint density at radius 1 is 1.03 bits per heavy atom. The van der Waals surface area contributed by atoms with Gasteiger partial charge in [-0.05, 0) is 54.4 Å². The minimum atomic E-state index is 0.246. The molecule has 33 heavy (non-hydrogen) atoms. The number of piperidine rings is 1. The highest BCUT2D eigenvalue weighted by Crippen LogP contribution is 2.31. The fourth-order valence-corrected chi connectivity index (χ4v) is 4.99. The average Bonchev–Trinajstić information content (AvgIpc) is 3.28. The summed E-state index contributed by atoms with van der Waals surface area (Å²) >= 11 is 0. The van der Waals surface area contributed by atoms with Gasteiger partial charge in [-0.3, -0.25) is 4.99 Å². The van der Waals surface area contributed by atoms with Gasteiger partial charge < -0.3 is 9.69 Å². The van der Waals surface area contributed by atoms with Gasteiger partial charge in [0.25, 0.3) is 0 Å². The van der Waals surface area contributed by atoms with E-state index in [1.807, 2.05) is 18.5 Å². The Labute approximate surface area is 195 Å². The van der Waals surface area contributed by atoms with E-state index in [2.05, 4.69) is 64.3 Å². The summed E-state index contributed by atoms with van der Waals surface area (Å²) in [5.74, 6) is 1.89. The molecule has 1 saturated heterocycles. The van der Waals surface area contributed by atoms with E-state index in [4.69, 9.17) is 4.99 Å². The lowest BCUT2D eigenvalue weighted by Gasteiger charge is -2.32. The fourth-order valence-electron chi connectivity index (χ4n) is 4.99. The molecule has 0 radical (unpaired) electrons. The van der Waals surface area contributed by atoms with Gasteiger partial charge in [-0.15, -0.1) is 0 Å². The van der Waals surface area contributed by atoms with Crippen molar-refractivity contribution in [3.05, 3.63) is 83.2 Å². The van der Waals surface area contributed by atoms with Crippen LogP contribution in [0.3, 0.4) is 0 Å². The zero-order valence-electron chi connectivity index (χ0n) is 19.4. The molecule has 0 bridgehead atoms. The summed E-state index contributed by atoms with van der Waals surface area (Å²) in [6, 6.07) is 17.2. The van der Waals surface area contributed by atoms with Crippen molar-refractivity contribution < 1.29 is 4.79 Å². The standard InChI is InChI=1S/C28H30N4O/c1-19(15-20(2)33)21-7-9-22(10-8-21)23-11-13-32(14-12-23)28-29-17-25(18-30-28)27-16-24-5-3-4-6-26(24)31-27/h3-10,17-19,23H,11-16H2,1-2H3/t19-/m1/s1. The van der Waals surface area contributed by atoms with E-state index < -0.39 is 0 Å².